The normalized spacial score (nSPS) is 18.5. The fourth-order valence-corrected chi connectivity index (χ4v) is 5.50. The Labute approximate surface area is 226 Å². The summed E-state index contributed by atoms with van der Waals surface area (Å²) in [5.74, 6) is -0.113. The predicted molar refractivity (Wildman–Crippen MR) is 148 cm³/mol. The Bertz CT molecular complexity index is 1700. The van der Waals surface area contributed by atoms with E-state index in [4.69, 9.17) is 11.6 Å². The van der Waals surface area contributed by atoms with Crippen LogP contribution in [0.5, 0.6) is 0 Å². The van der Waals surface area contributed by atoms with Gasteiger partial charge in [0.05, 0.1) is 17.3 Å². The topological polar surface area (TPSA) is 82.4 Å². The molecule has 1 unspecified atom stereocenters. The van der Waals surface area contributed by atoms with Gasteiger partial charge in [-0.05, 0) is 62.2 Å². The fourth-order valence-electron chi connectivity index (χ4n) is 5.50. The second kappa shape index (κ2) is 10.3. The number of rotatable bonds is 4. The molecule has 39 heavy (non-hydrogen) atoms. The van der Waals surface area contributed by atoms with Gasteiger partial charge in [-0.15, -0.1) is 4.98 Å². The first-order valence-corrected chi connectivity index (χ1v) is 12.7. The van der Waals surface area contributed by atoms with Gasteiger partial charge in [-0.3, -0.25) is 14.7 Å². The van der Waals surface area contributed by atoms with Crippen LogP contribution in [0.15, 0.2) is 59.5 Å². The minimum atomic E-state index is -0.402. The van der Waals surface area contributed by atoms with Gasteiger partial charge in [-0.1, -0.05) is 24.8 Å². The summed E-state index contributed by atoms with van der Waals surface area (Å²) < 4.78 is 15.8. The van der Waals surface area contributed by atoms with Gasteiger partial charge in [0.1, 0.15) is 23.1 Å². The van der Waals surface area contributed by atoms with Gasteiger partial charge in [-0.25, -0.2) is 4.39 Å². The summed E-state index contributed by atoms with van der Waals surface area (Å²) >= 11 is 0. The number of nitriles is 1. The first kappa shape index (κ1) is 26.0. The second-order valence-electron chi connectivity index (χ2n) is 10.1. The van der Waals surface area contributed by atoms with Crippen molar-refractivity contribution in [3.05, 3.63) is 105 Å². The zero-order valence-corrected chi connectivity index (χ0v) is 22.3. The van der Waals surface area contributed by atoms with Gasteiger partial charge in [0.15, 0.2) is 0 Å². The lowest BCUT2D eigenvalue weighted by Gasteiger charge is -2.48. The highest BCUT2D eigenvalue weighted by atomic mass is 19.1. The SMILES string of the molecule is [C-]#[N+]c1ccc2c(n1)c(N1C[C@@H](C)N(C(c3cccc(F)c3)c3ccc(C)cn3)C[C@@H]1C)c(C#N)c(=O)n2C. The minimum Gasteiger partial charge on any atom is -0.361 e. The lowest BCUT2D eigenvalue weighted by atomic mass is 9.95. The Hall–Kier alpha value is -4.60. The molecule has 3 atom stereocenters. The van der Waals surface area contributed by atoms with E-state index in [1.165, 1.54) is 10.6 Å². The van der Waals surface area contributed by atoms with Gasteiger partial charge < -0.3 is 14.3 Å². The zero-order valence-electron chi connectivity index (χ0n) is 22.3. The molecule has 3 aromatic heterocycles. The van der Waals surface area contributed by atoms with Crippen LogP contribution in [0.2, 0.25) is 0 Å². The van der Waals surface area contributed by atoms with Gasteiger partial charge in [-0.2, -0.15) is 5.26 Å². The number of halogens is 1. The average Bonchev–Trinajstić information content (AvgIpc) is 2.93. The molecule has 4 heterocycles. The molecular weight excluding hydrogens is 493 g/mol. The van der Waals surface area contributed by atoms with Crippen LogP contribution in [0.3, 0.4) is 0 Å². The lowest BCUT2D eigenvalue weighted by molar-refractivity contribution is 0.127. The molecule has 4 aromatic rings. The van der Waals surface area contributed by atoms with Crippen LogP contribution in [0.4, 0.5) is 15.9 Å². The third-order valence-corrected chi connectivity index (χ3v) is 7.46. The van der Waals surface area contributed by atoms with Crippen molar-refractivity contribution < 1.29 is 4.39 Å². The maximum absolute atomic E-state index is 14.4. The van der Waals surface area contributed by atoms with E-state index in [-0.39, 0.29) is 35.3 Å². The number of aromatic nitrogens is 3. The maximum Gasteiger partial charge on any atom is 0.271 e. The standard InChI is InChI=1S/C30H28FN7O/c1-18-9-10-24(34-15-18)28(21-7-6-8-22(31)13-21)37-16-20(3)38(17-19(37)2)29-23(14-32)30(39)36(5)25-11-12-26(33-4)35-27(25)29/h6-13,15,19-20,28H,16-17H2,1-3,5H3/t19-,20+,28?/m1/s1. The molecule has 1 aliphatic rings. The van der Waals surface area contributed by atoms with E-state index in [0.29, 0.717) is 29.8 Å². The van der Waals surface area contributed by atoms with Gasteiger partial charge in [0, 0.05) is 38.4 Å². The molecule has 9 heteroatoms. The van der Waals surface area contributed by atoms with E-state index in [1.807, 2.05) is 38.2 Å². The largest absolute Gasteiger partial charge is 0.361 e. The highest BCUT2D eigenvalue weighted by Crippen LogP contribution is 2.37. The molecule has 0 amide bonds. The number of fused-ring (bicyclic) bond motifs is 1. The predicted octanol–water partition coefficient (Wildman–Crippen LogP) is 4.89. The molecule has 0 aliphatic carbocycles. The summed E-state index contributed by atoms with van der Waals surface area (Å²) in [6, 6.07) is 15.5. The first-order chi connectivity index (χ1) is 18.7. The summed E-state index contributed by atoms with van der Waals surface area (Å²) in [6.45, 7) is 14.6. The van der Waals surface area contributed by atoms with Crippen molar-refractivity contribution in [2.45, 2.75) is 38.9 Å². The maximum atomic E-state index is 14.4. The lowest BCUT2D eigenvalue weighted by Crippen LogP contribution is -2.58. The second-order valence-corrected chi connectivity index (χ2v) is 10.1. The van der Waals surface area contributed by atoms with Gasteiger partial charge >= 0.3 is 0 Å². The number of hydrogen-bond donors (Lipinski definition) is 0. The third kappa shape index (κ3) is 4.62. The van der Waals surface area contributed by atoms with Crippen molar-refractivity contribution in [2.75, 3.05) is 18.0 Å². The van der Waals surface area contributed by atoms with Crippen molar-refractivity contribution in [2.24, 2.45) is 7.05 Å². The Morgan fingerprint density at radius 2 is 1.95 bits per heavy atom. The fraction of sp³-hybridized carbons (Fsp3) is 0.300. The quantitative estimate of drug-likeness (QED) is 0.356. The number of nitrogens with zero attached hydrogens (tertiary/aromatic N) is 7. The molecule has 0 bridgehead atoms. The molecule has 8 nitrogen and oxygen atoms in total. The Morgan fingerprint density at radius 1 is 1.15 bits per heavy atom. The van der Waals surface area contributed by atoms with Crippen molar-refractivity contribution in [3.63, 3.8) is 0 Å². The first-order valence-electron chi connectivity index (χ1n) is 12.7. The molecule has 0 N–H and O–H groups in total. The number of pyridine rings is 3. The number of anilines is 1. The zero-order chi connectivity index (χ0) is 27.8. The van der Waals surface area contributed by atoms with E-state index in [9.17, 15) is 14.4 Å². The molecular formula is C30H28FN7O. The monoisotopic (exact) mass is 521 g/mol. The van der Waals surface area contributed by atoms with Crippen LogP contribution in [-0.2, 0) is 7.05 Å². The summed E-state index contributed by atoms with van der Waals surface area (Å²) in [5, 5.41) is 10.0. The van der Waals surface area contributed by atoms with Crippen molar-refractivity contribution in [1.82, 2.24) is 19.4 Å². The van der Waals surface area contributed by atoms with Crippen LogP contribution in [0.1, 0.15) is 42.3 Å². The Balaban J connectivity index is 1.61. The molecule has 1 fully saturated rings. The average molecular weight is 522 g/mol. The Kier molecular flexibility index (Phi) is 6.86. The summed E-state index contributed by atoms with van der Waals surface area (Å²) in [4.78, 5) is 30.2. The highest BCUT2D eigenvalue weighted by molar-refractivity contribution is 5.93. The number of aryl methyl sites for hydroxylation is 2. The number of hydrogen-bond acceptors (Lipinski definition) is 6. The van der Waals surface area contributed by atoms with Gasteiger partial charge in [0.2, 0.25) is 5.52 Å². The van der Waals surface area contributed by atoms with Crippen LogP contribution >= 0.6 is 0 Å². The van der Waals surface area contributed by atoms with Crippen molar-refractivity contribution >= 4 is 22.5 Å². The molecule has 196 valence electrons. The molecule has 0 radical (unpaired) electrons. The van der Waals surface area contributed by atoms with Crippen molar-refractivity contribution in [3.8, 4) is 6.07 Å². The molecule has 1 aliphatic heterocycles. The van der Waals surface area contributed by atoms with E-state index < -0.39 is 5.56 Å². The Morgan fingerprint density at radius 3 is 2.62 bits per heavy atom. The van der Waals surface area contributed by atoms with Crippen molar-refractivity contribution in [1.29, 1.82) is 5.26 Å². The summed E-state index contributed by atoms with van der Waals surface area (Å²) in [5.41, 5.74) is 3.74. The minimum absolute atomic E-state index is 0.00834. The smallest absolute Gasteiger partial charge is 0.271 e. The summed E-state index contributed by atoms with van der Waals surface area (Å²) in [7, 11) is 1.61. The third-order valence-electron chi connectivity index (χ3n) is 7.46. The van der Waals surface area contributed by atoms with Crippen LogP contribution in [0.25, 0.3) is 15.9 Å². The molecule has 0 saturated carbocycles. The van der Waals surface area contributed by atoms with Crippen LogP contribution in [-0.4, -0.2) is 44.6 Å². The van der Waals surface area contributed by atoms with E-state index in [0.717, 1.165) is 16.8 Å². The highest BCUT2D eigenvalue weighted by Gasteiger charge is 2.38. The van der Waals surface area contributed by atoms with E-state index in [1.54, 1.807) is 31.3 Å². The van der Waals surface area contributed by atoms with Gasteiger partial charge in [0.25, 0.3) is 11.4 Å². The molecule has 0 spiro atoms. The van der Waals surface area contributed by atoms with Crippen LogP contribution < -0.4 is 10.5 Å². The molecule has 1 aromatic carbocycles. The molecule has 1 saturated heterocycles. The van der Waals surface area contributed by atoms with Crippen LogP contribution in [0, 0.1) is 30.6 Å². The number of piperazine rings is 1. The number of benzene rings is 1. The summed E-state index contributed by atoms with van der Waals surface area (Å²) in [6.07, 6.45) is 1.82. The van der Waals surface area contributed by atoms with E-state index >= 15 is 0 Å². The molecule has 5 rings (SSSR count). The van der Waals surface area contributed by atoms with E-state index in [2.05, 4.69) is 32.6 Å².